The first kappa shape index (κ1) is 14.5. The van der Waals surface area contributed by atoms with E-state index in [4.69, 9.17) is 10.00 Å². The van der Waals surface area contributed by atoms with Crippen molar-refractivity contribution in [3.05, 3.63) is 57.8 Å². The molecule has 0 bridgehead atoms. The Bertz CT molecular complexity index is 620. The van der Waals surface area contributed by atoms with Crippen molar-refractivity contribution in [3.63, 3.8) is 0 Å². The highest BCUT2D eigenvalue weighted by atomic mass is 79.9. The van der Waals surface area contributed by atoms with Crippen LogP contribution in [0, 0.1) is 11.3 Å². The summed E-state index contributed by atoms with van der Waals surface area (Å²) in [7, 11) is 1.65. The number of methoxy groups -OCH3 is 1. The van der Waals surface area contributed by atoms with Crippen molar-refractivity contribution in [1.82, 2.24) is 10.3 Å². The first-order valence-corrected chi connectivity index (χ1v) is 6.91. The quantitative estimate of drug-likeness (QED) is 0.855. The van der Waals surface area contributed by atoms with Crippen LogP contribution in [0.25, 0.3) is 0 Å². The minimum atomic E-state index is 0.550. The maximum Gasteiger partial charge on any atom is 0.118 e. The van der Waals surface area contributed by atoms with Crippen molar-refractivity contribution in [2.75, 3.05) is 7.11 Å². The first-order chi connectivity index (χ1) is 9.72. The minimum Gasteiger partial charge on any atom is -0.497 e. The number of ether oxygens (including phenoxy) is 1. The highest BCUT2D eigenvalue weighted by Gasteiger charge is 2.04. The summed E-state index contributed by atoms with van der Waals surface area (Å²) in [5, 5.41) is 12.3. The van der Waals surface area contributed by atoms with E-state index in [0.717, 1.165) is 21.6 Å². The van der Waals surface area contributed by atoms with Gasteiger partial charge in [0.15, 0.2) is 0 Å². The number of benzene rings is 1. The smallest absolute Gasteiger partial charge is 0.118 e. The van der Waals surface area contributed by atoms with Crippen molar-refractivity contribution < 1.29 is 4.74 Å². The van der Waals surface area contributed by atoms with Gasteiger partial charge in [-0.1, -0.05) is 12.1 Å². The molecule has 20 heavy (non-hydrogen) atoms. The lowest BCUT2D eigenvalue weighted by Crippen LogP contribution is -2.14. The Hall–Kier alpha value is -1.90. The lowest BCUT2D eigenvalue weighted by molar-refractivity contribution is 0.414. The first-order valence-electron chi connectivity index (χ1n) is 6.12. The Labute approximate surface area is 126 Å². The molecule has 102 valence electrons. The zero-order valence-corrected chi connectivity index (χ0v) is 12.6. The number of aromatic nitrogens is 1. The van der Waals surface area contributed by atoms with Crippen LogP contribution in [-0.4, -0.2) is 12.1 Å². The van der Waals surface area contributed by atoms with Gasteiger partial charge in [0, 0.05) is 13.1 Å². The van der Waals surface area contributed by atoms with Crippen LogP contribution in [-0.2, 0) is 13.1 Å². The highest BCUT2D eigenvalue weighted by Crippen LogP contribution is 2.13. The van der Waals surface area contributed by atoms with Crippen molar-refractivity contribution in [2.24, 2.45) is 0 Å². The third-order valence-electron chi connectivity index (χ3n) is 2.84. The number of halogens is 1. The molecule has 0 saturated heterocycles. The monoisotopic (exact) mass is 331 g/mol. The molecule has 0 aliphatic carbocycles. The molecule has 0 atom stereocenters. The molecule has 0 saturated carbocycles. The molecule has 0 amide bonds. The Kier molecular flexibility index (Phi) is 5.10. The zero-order valence-electron chi connectivity index (χ0n) is 11.1. The van der Waals surface area contributed by atoms with Gasteiger partial charge in [-0.05, 0) is 45.8 Å². The zero-order chi connectivity index (χ0) is 14.4. The van der Waals surface area contributed by atoms with E-state index in [9.17, 15) is 0 Å². The van der Waals surface area contributed by atoms with Crippen LogP contribution in [0.4, 0.5) is 0 Å². The van der Waals surface area contributed by atoms with E-state index < -0.39 is 0 Å². The van der Waals surface area contributed by atoms with Gasteiger partial charge in [0.1, 0.15) is 16.4 Å². The molecule has 0 aliphatic heterocycles. The highest BCUT2D eigenvalue weighted by molar-refractivity contribution is 9.10. The van der Waals surface area contributed by atoms with Crippen molar-refractivity contribution in [2.45, 2.75) is 13.1 Å². The second-order valence-corrected chi connectivity index (χ2v) is 5.00. The van der Waals surface area contributed by atoms with E-state index >= 15 is 0 Å². The Morgan fingerprint density at radius 2 is 1.95 bits per heavy atom. The average molecular weight is 332 g/mol. The number of rotatable bonds is 5. The van der Waals surface area contributed by atoms with Gasteiger partial charge in [0.25, 0.3) is 0 Å². The molecule has 1 aromatic carbocycles. The number of hydrogen-bond acceptors (Lipinski definition) is 4. The molecule has 4 nitrogen and oxygen atoms in total. The fourth-order valence-corrected chi connectivity index (χ4v) is 2.13. The minimum absolute atomic E-state index is 0.550. The summed E-state index contributed by atoms with van der Waals surface area (Å²) in [5.41, 5.74) is 2.49. The van der Waals surface area contributed by atoms with Gasteiger partial charge in [0.05, 0.1) is 18.4 Å². The summed E-state index contributed by atoms with van der Waals surface area (Å²) in [6.07, 6.45) is 0. The van der Waals surface area contributed by atoms with E-state index in [1.54, 1.807) is 19.2 Å². The fraction of sp³-hybridized carbons (Fsp3) is 0.200. The molecule has 0 fully saturated rings. The molecule has 2 rings (SSSR count). The number of nitrogens with one attached hydrogen (secondary N) is 1. The van der Waals surface area contributed by atoms with E-state index in [1.165, 1.54) is 0 Å². The van der Waals surface area contributed by atoms with Gasteiger partial charge >= 0.3 is 0 Å². The molecule has 1 N–H and O–H groups in total. The van der Waals surface area contributed by atoms with E-state index in [-0.39, 0.29) is 0 Å². The summed E-state index contributed by atoms with van der Waals surface area (Å²) in [5.74, 6) is 0.842. The van der Waals surface area contributed by atoms with Crippen molar-refractivity contribution >= 4 is 15.9 Å². The SMILES string of the molecule is COc1ccc(CNCc2nc(Br)ccc2C#N)cc1. The summed E-state index contributed by atoms with van der Waals surface area (Å²) in [6, 6.07) is 13.5. The topological polar surface area (TPSA) is 57.9 Å². The maximum atomic E-state index is 9.04. The van der Waals surface area contributed by atoms with Gasteiger partial charge < -0.3 is 10.1 Å². The third kappa shape index (κ3) is 3.80. The van der Waals surface area contributed by atoms with Gasteiger partial charge in [-0.15, -0.1) is 0 Å². The predicted molar refractivity (Wildman–Crippen MR) is 80.2 cm³/mol. The number of nitriles is 1. The van der Waals surface area contributed by atoms with Crippen LogP contribution in [0.5, 0.6) is 5.75 Å². The number of pyridine rings is 1. The maximum absolute atomic E-state index is 9.04. The summed E-state index contributed by atoms with van der Waals surface area (Å²) < 4.78 is 5.85. The number of hydrogen-bond donors (Lipinski definition) is 1. The standard InChI is InChI=1S/C15H14BrN3O/c1-20-13-5-2-11(3-6-13)9-18-10-14-12(8-17)4-7-15(16)19-14/h2-7,18H,9-10H2,1H3. The predicted octanol–water partition coefficient (Wildman–Crippen LogP) is 3.01. The van der Waals surface area contributed by atoms with E-state index in [1.807, 2.05) is 24.3 Å². The molecule has 1 aromatic heterocycles. The molecular weight excluding hydrogens is 318 g/mol. The third-order valence-corrected chi connectivity index (χ3v) is 3.28. The molecule has 0 aliphatic rings. The van der Waals surface area contributed by atoms with Crippen LogP contribution in [0.2, 0.25) is 0 Å². The normalized spacial score (nSPS) is 10.1. The van der Waals surface area contributed by atoms with Gasteiger partial charge in [0.2, 0.25) is 0 Å². The number of nitrogens with zero attached hydrogens (tertiary/aromatic N) is 2. The summed E-state index contributed by atoms with van der Waals surface area (Å²) in [6.45, 7) is 1.26. The lowest BCUT2D eigenvalue weighted by Gasteiger charge is -2.07. The largest absolute Gasteiger partial charge is 0.497 e. The van der Waals surface area contributed by atoms with Crippen LogP contribution in [0.1, 0.15) is 16.8 Å². The summed E-state index contributed by atoms with van der Waals surface area (Å²) >= 11 is 3.32. The van der Waals surface area contributed by atoms with Crippen LogP contribution in [0.15, 0.2) is 41.0 Å². The Morgan fingerprint density at radius 1 is 1.20 bits per heavy atom. The molecular formula is C15H14BrN3O. The Morgan fingerprint density at radius 3 is 2.60 bits per heavy atom. The molecule has 0 unspecified atom stereocenters. The van der Waals surface area contributed by atoms with Crippen LogP contribution >= 0.6 is 15.9 Å². The molecule has 5 heteroatoms. The van der Waals surface area contributed by atoms with Crippen LogP contribution < -0.4 is 10.1 Å². The molecule has 2 aromatic rings. The second kappa shape index (κ2) is 7.04. The second-order valence-electron chi connectivity index (χ2n) is 4.19. The molecule has 0 radical (unpaired) electrons. The van der Waals surface area contributed by atoms with Crippen molar-refractivity contribution in [1.29, 1.82) is 5.26 Å². The van der Waals surface area contributed by atoms with Crippen molar-refractivity contribution in [3.8, 4) is 11.8 Å². The van der Waals surface area contributed by atoms with E-state index in [0.29, 0.717) is 18.7 Å². The average Bonchev–Trinajstić information content (AvgIpc) is 2.48. The van der Waals surface area contributed by atoms with Gasteiger partial charge in [-0.25, -0.2) is 4.98 Å². The van der Waals surface area contributed by atoms with E-state index in [2.05, 4.69) is 32.3 Å². The fourth-order valence-electron chi connectivity index (χ4n) is 1.78. The van der Waals surface area contributed by atoms with Gasteiger partial charge in [-0.3, -0.25) is 0 Å². The van der Waals surface area contributed by atoms with Gasteiger partial charge in [-0.2, -0.15) is 5.26 Å². The van der Waals surface area contributed by atoms with Crippen LogP contribution in [0.3, 0.4) is 0 Å². The molecule has 0 spiro atoms. The summed E-state index contributed by atoms with van der Waals surface area (Å²) in [4.78, 5) is 4.31. The lowest BCUT2D eigenvalue weighted by atomic mass is 10.2. The molecule has 1 heterocycles. The Balaban J connectivity index is 1.95.